The van der Waals surface area contributed by atoms with Crippen LogP contribution in [0.5, 0.6) is 5.75 Å². The normalized spacial score (nSPS) is 32.8. The Bertz CT molecular complexity index is 973. The fourth-order valence-electron chi connectivity index (χ4n) is 6.20. The molecule has 0 unspecified atom stereocenters. The molecular weight excluding hydrogens is 348 g/mol. The highest BCUT2D eigenvalue weighted by Gasteiger charge is 2.56. The number of rotatable bonds is 2. The lowest BCUT2D eigenvalue weighted by Gasteiger charge is -2.48. The molecule has 1 aromatic carbocycles. The average molecular weight is 377 g/mol. The van der Waals surface area contributed by atoms with Crippen molar-refractivity contribution in [3.63, 3.8) is 0 Å². The van der Waals surface area contributed by atoms with Gasteiger partial charge in [0.15, 0.2) is 5.78 Å². The summed E-state index contributed by atoms with van der Waals surface area (Å²) in [5, 5.41) is 4.25. The first-order valence-corrected chi connectivity index (χ1v) is 10.4. The SMILES string of the molecule is COc1ccc2c(c1)CC[C@@H]1[C@@H]2CC[C@]2(C)C(=O)/C(=C/c3cnn(C)c3)C[C@H]12. The first-order chi connectivity index (χ1) is 13.5. The van der Waals surface area contributed by atoms with Crippen LogP contribution in [0.2, 0.25) is 0 Å². The van der Waals surface area contributed by atoms with Crippen molar-refractivity contribution < 1.29 is 9.53 Å². The van der Waals surface area contributed by atoms with E-state index >= 15 is 0 Å². The minimum atomic E-state index is -0.195. The van der Waals surface area contributed by atoms with Gasteiger partial charge in [0.2, 0.25) is 0 Å². The average Bonchev–Trinajstić information content (AvgIpc) is 3.22. The lowest BCUT2D eigenvalue weighted by atomic mass is 9.55. The van der Waals surface area contributed by atoms with Crippen LogP contribution in [0.25, 0.3) is 6.08 Å². The topological polar surface area (TPSA) is 44.1 Å². The number of Topliss-reactive ketones (excluding diaryl/α,β-unsaturated/α-hetero) is 1. The monoisotopic (exact) mass is 376 g/mol. The lowest BCUT2D eigenvalue weighted by molar-refractivity contribution is -0.127. The van der Waals surface area contributed by atoms with E-state index in [0.717, 1.165) is 42.6 Å². The van der Waals surface area contributed by atoms with Gasteiger partial charge in [0.1, 0.15) is 5.75 Å². The van der Waals surface area contributed by atoms with Gasteiger partial charge >= 0.3 is 0 Å². The van der Waals surface area contributed by atoms with Crippen molar-refractivity contribution in [2.45, 2.75) is 44.9 Å². The molecular formula is C24H28N2O2. The molecule has 4 nitrogen and oxygen atoms in total. The number of carbonyl (C=O) groups excluding carboxylic acids is 1. The molecule has 28 heavy (non-hydrogen) atoms. The Kier molecular flexibility index (Phi) is 4.01. The molecule has 0 bridgehead atoms. The molecule has 2 fully saturated rings. The zero-order valence-corrected chi connectivity index (χ0v) is 16.9. The Morgan fingerprint density at radius 2 is 2.18 bits per heavy atom. The molecule has 0 amide bonds. The summed E-state index contributed by atoms with van der Waals surface area (Å²) in [5.74, 6) is 2.97. The van der Waals surface area contributed by atoms with E-state index in [-0.39, 0.29) is 5.41 Å². The highest BCUT2D eigenvalue weighted by atomic mass is 16.5. The van der Waals surface area contributed by atoms with Gasteiger partial charge in [-0.3, -0.25) is 9.48 Å². The van der Waals surface area contributed by atoms with Gasteiger partial charge in [-0.05, 0) is 84.8 Å². The van der Waals surface area contributed by atoms with Gasteiger partial charge < -0.3 is 4.74 Å². The largest absolute Gasteiger partial charge is 0.497 e. The van der Waals surface area contributed by atoms with E-state index in [4.69, 9.17) is 4.74 Å². The van der Waals surface area contributed by atoms with E-state index in [1.807, 2.05) is 19.4 Å². The smallest absolute Gasteiger partial charge is 0.165 e. The van der Waals surface area contributed by atoms with Crippen molar-refractivity contribution in [1.82, 2.24) is 9.78 Å². The quantitative estimate of drug-likeness (QED) is 0.723. The molecule has 4 heteroatoms. The number of hydrogen-bond donors (Lipinski definition) is 0. The number of ether oxygens (including phenoxy) is 1. The van der Waals surface area contributed by atoms with Gasteiger partial charge in [-0.15, -0.1) is 0 Å². The minimum Gasteiger partial charge on any atom is -0.497 e. The van der Waals surface area contributed by atoms with E-state index < -0.39 is 0 Å². The number of allylic oxidation sites excluding steroid dienone is 1. The summed E-state index contributed by atoms with van der Waals surface area (Å²) in [6, 6.07) is 6.59. The molecule has 0 spiro atoms. The summed E-state index contributed by atoms with van der Waals surface area (Å²) >= 11 is 0. The molecule has 2 saturated carbocycles. The van der Waals surface area contributed by atoms with Crippen LogP contribution in [0.15, 0.2) is 36.2 Å². The maximum Gasteiger partial charge on any atom is 0.165 e. The van der Waals surface area contributed by atoms with Crippen LogP contribution >= 0.6 is 0 Å². The lowest BCUT2D eigenvalue weighted by Crippen LogP contribution is -2.42. The van der Waals surface area contributed by atoms with Gasteiger partial charge in [-0.1, -0.05) is 13.0 Å². The molecule has 3 aliphatic rings. The predicted molar refractivity (Wildman–Crippen MR) is 109 cm³/mol. The fourth-order valence-corrected chi connectivity index (χ4v) is 6.20. The molecule has 0 saturated heterocycles. The van der Waals surface area contributed by atoms with Crippen LogP contribution in [0, 0.1) is 17.3 Å². The van der Waals surface area contributed by atoms with Crippen LogP contribution < -0.4 is 4.74 Å². The van der Waals surface area contributed by atoms with Gasteiger partial charge in [0.25, 0.3) is 0 Å². The standard InChI is InChI=1S/C24H28N2O2/c1-24-9-8-20-19-7-5-18(28-3)11-16(19)4-6-21(20)22(24)12-17(23(24)27)10-15-13-25-26(2)14-15/h5,7,10-11,13-14,20-22H,4,6,8-9,12H2,1-3H3/b17-10+/t20-,21-,22-,24+/m1/s1. The van der Waals surface area contributed by atoms with E-state index in [1.165, 1.54) is 17.5 Å². The molecule has 0 aliphatic heterocycles. The zero-order chi connectivity index (χ0) is 19.5. The van der Waals surface area contributed by atoms with E-state index in [9.17, 15) is 4.79 Å². The van der Waals surface area contributed by atoms with Crippen LogP contribution in [0.3, 0.4) is 0 Å². The van der Waals surface area contributed by atoms with E-state index in [0.29, 0.717) is 23.5 Å². The van der Waals surface area contributed by atoms with Crippen molar-refractivity contribution in [1.29, 1.82) is 0 Å². The van der Waals surface area contributed by atoms with Crippen LogP contribution in [-0.2, 0) is 18.3 Å². The number of fused-ring (bicyclic) bond motifs is 5. The Labute approximate surface area is 166 Å². The van der Waals surface area contributed by atoms with Crippen molar-refractivity contribution in [2.24, 2.45) is 24.3 Å². The number of carbonyl (C=O) groups is 1. The third-order valence-corrected chi connectivity index (χ3v) is 7.64. The number of hydrogen-bond acceptors (Lipinski definition) is 3. The minimum absolute atomic E-state index is 0.195. The van der Waals surface area contributed by atoms with Gasteiger partial charge in [0, 0.05) is 24.2 Å². The molecule has 2 aromatic rings. The molecule has 5 rings (SSSR count). The Balaban J connectivity index is 1.48. The highest BCUT2D eigenvalue weighted by Crippen LogP contribution is 2.60. The maximum absolute atomic E-state index is 13.4. The van der Waals surface area contributed by atoms with Crippen molar-refractivity contribution in [3.05, 3.63) is 52.9 Å². The predicted octanol–water partition coefficient (Wildman–Crippen LogP) is 4.55. The third kappa shape index (κ3) is 2.57. The number of aromatic nitrogens is 2. The van der Waals surface area contributed by atoms with Gasteiger partial charge in [0.05, 0.1) is 13.3 Å². The molecule has 4 atom stereocenters. The molecule has 0 radical (unpaired) electrons. The first kappa shape index (κ1) is 17.7. The number of ketones is 1. The van der Waals surface area contributed by atoms with Crippen molar-refractivity contribution >= 4 is 11.9 Å². The number of nitrogens with zero attached hydrogens (tertiary/aromatic N) is 2. The number of aryl methyl sites for hydroxylation is 2. The molecule has 0 N–H and O–H groups in total. The van der Waals surface area contributed by atoms with E-state index in [1.54, 1.807) is 11.8 Å². The van der Waals surface area contributed by atoms with Crippen molar-refractivity contribution in [3.8, 4) is 5.75 Å². The fraction of sp³-hybridized carbons (Fsp3) is 0.500. The summed E-state index contributed by atoms with van der Waals surface area (Å²) in [6.45, 7) is 2.23. The molecule has 1 heterocycles. The molecule has 1 aromatic heterocycles. The highest BCUT2D eigenvalue weighted by molar-refractivity contribution is 6.05. The molecule has 146 valence electrons. The van der Waals surface area contributed by atoms with Crippen LogP contribution in [-0.4, -0.2) is 22.7 Å². The molecule has 3 aliphatic carbocycles. The summed E-state index contributed by atoms with van der Waals surface area (Å²) in [6.07, 6.45) is 11.2. The van der Waals surface area contributed by atoms with Crippen LogP contribution in [0.4, 0.5) is 0 Å². The summed E-state index contributed by atoms with van der Waals surface area (Å²) in [7, 11) is 3.65. The van der Waals surface area contributed by atoms with Gasteiger partial charge in [-0.2, -0.15) is 5.10 Å². The Morgan fingerprint density at radius 3 is 2.93 bits per heavy atom. The first-order valence-electron chi connectivity index (χ1n) is 10.4. The second-order valence-corrected chi connectivity index (χ2v) is 9.09. The number of methoxy groups -OCH3 is 1. The van der Waals surface area contributed by atoms with Crippen LogP contribution in [0.1, 0.15) is 55.2 Å². The Morgan fingerprint density at radius 1 is 1.32 bits per heavy atom. The van der Waals surface area contributed by atoms with Gasteiger partial charge in [-0.25, -0.2) is 0 Å². The number of benzene rings is 1. The summed E-state index contributed by atoms with van der Waals surface area (Å²) in [5.41, 5.74) is 4.78. The maximum atomic E-state index is 13.4. The zero-order valence-electron chi connectivity index (χ0n) is 16.9. The third-order valence-electron chi connectivity index (χ3n) is 7.64. The Hall–Kier alpha value is -2.36. The summed E-state index contributed by atoms with van der Waals surface area (Å²) in [4.78, 5) is 13.4. The second kappa shape index (κ2) is 6.33. The summed E-state index contributed by atoms with van der Waals surface area (Å²) < 4.78 is 7.22. The van der Waals surface area contributed by atoms with Crippen molar-refractivity contribution in [2.75, 3.05) is 7.11 Å². The second-order valence-electron chi connectivity index (χ2n) is 9.09. The van der Waals surface area contributed by atoms with E-state index in [2.05, 4.69) is 36.3 Å².